The van der Waals surface area contributed by atoms with Crippen LogP contribution in [0.15, 0.2) is 24.3 Å². The molecule has 4 unspecified atom stereocenters. The highest BCUT2D eigenvalue weighted by atomic mass is 32.2. The number of hydrogen-bond acceptors (Lipinski definition) is 6. The molecule has 0 radical (unpaired) electrons. The molecule has 4 saturated carbocycles. The van der Waals surface area contributed by atoms with E-state index in [4.69, 9.17) is 9.59 Å². The van der Waals surface area contributed by atoms with E-state index >= 15 is 0 Å². The van der Waals surface area contributed by atoms with Crippen LogP contribution >= 0.6 is 12.0 Å². The van der Waals surface area contributed by atoms with Gasteiger partial charge in [-0.25, -0.2) is 5.26 Å². The zero-order valence-electron chi connectivity index (χ0n) is 21.6. The molecule has 0 bridgehead atoms. The van der Waals surface area contributed by atoms with E-state index in [1.807, 2.05) is 0 Å². The van der Waals surface area contributed by atoms with Crippen molar-refractivity contribution in [1.29, 1.82) is 0 Å². The summed E-state index contributed by atoms with van der Waals surface area (Å²) < 4.78 is 37.9. The zero-order valence-corrected chi connectivity index (χ0v) is 23.2. The van der Waals surface area contributed by atoms with Gasteiger partial charge in [-0.05, 0) is 113 Å². The smallest absolute Gasteiger partial charge is 0.268 e. The Kier molecular flexibility index (Phi) is 11.2. The Balaban J connectivity index is 1.18. The van der Waals surface area contributed by atoms with Crippen molar-refractivity contribution in [3.63, 3.8) is 0 Å². The second-order valence-corrected chi connectivity index (χ2v) is 14.4. The van der Waals surface area contributed by atoms with Gasteiger partial charge in [0.05, 0.1) is 5.25 Å². The van der Waals surface area contributed by atoms with Crippen LogP contribution in [0.25, 0.3) is 0 Å². The molecule has 8 heteroatoms. The molecule has 6 nitrogen and oxygen atoms in total. The lowest BCUT2D eigenvalue weighted by atomic mass is 9.69. The SMILES string of the molecule is O=S(=O)(O)C1CCCCC1C=CC1CCC(C2CCC(C=CC3CCCCC3SOOO)CC2)CC1. The van der Waals surface area contributed by atoms with Gasteiger partial charge in [0.25, 0.3) is 10.1 Å². The van der Waals surface area contributed by atoms with Gasteiger partial charge in [0, 0.05) is 17.3 Å². The molecular weight excluding hydrogens is 496 g/mol. The Morgan fingerprint density at radius 2 is 1.14 bits per heavy atom. The predicted molar refractivity (Wildman–Crippen MR) is 145 cm³/mol. The first-order valence-electron chi connectivity index (χ1n) is 14.4. The van der Waals surface area contributed by atoms with Gasteiger partial charge in [0.1, 0.15) is 0 Å². The van der Waals surface area contributed by atoms with E-state index in [-0.39, 0.29) is 5.92 Å². The highest BCUT2D eigenvalue weighted by Crippen LogP contribution is 2.43. The molecule has 0 aromatic heterocycles. The van der Waals surface area contributed by atoms with Crippen LogP contribution in [0.5, 0.6) is 0 Å². The minimum Gasteiger partial charge on any atom is -0.285 e. The third-order valence-electron chi connectivity index (χ3n) is 9.64. The molecule has 4 aliphatic carbocycles. The van der Waals surface area contributed by atoms with Crippen LogP contribution < -0.4 is 0 Å². The summed E-state index contributed by atoms with van der Waals surface area (Å²) in [5.74, 6) is 3.43. The van der Waals surface area contributed by atoms with Crippen molar-refractivity contribution in [2.75, 3.05) is 0 Å². The van der Waals surface area contributed by atoms with E-state index in [1.54, 1.807) is 0 Å². The van der Waals surface area contributed by atoms with Crippen LogP contribution in [-0.4, -0.2) is 28.7 Å². The molecule has 0 heterocycles. The first-order chi connectivity index (χ1) is 17.4. The lowest BCUT2D eigenvalue weighted by Crippen LogP contribution is -2.31. The minimum absolute atomic E-state index is 0.0205. The van der Waals surface area contributed by atoms with Gasteiger partial charge in [-0.3, -0.25) is 4.55 Å². The standard InChI is InChI=1S/C28H46O6S2/c29-33-34-35-27-7-3-1-5-25(27)19-13-21-9-15-23(16-10-21)24-17-11-22(12-18-24)14-20-26-6-2-4-8-28(26)36(30,31)32/h13-14,19-29H,1-12,15-18H2,(H,30,31,32). The van der Waals surface area contributed by atoms with Crippen LogP contribution in [0, 0.1) is 35.5 Å². The molecule has 4 atom stereocenters. The van der Waals surface area contributed by atoms with E-state index in [0.29, 0.717) is 29.4 Å². The van der Waals surface area contributed by atoms with Crippen molar-refractivity contribution in [2.45, 2.75) is 113 Å². The molecule has 0 amide bonds. The van der Waals surface area contributed by atoms with Gasteiger partial charge in [-0.2, -0.15) is 8.42 Å². The quantitative estimate of drug-likeness (QED) is 0.101. The summed E-state index contributed by atoms with van der Waals surface area (Å²) in [5.41, 5.74) is 0. The highest BCUT2D eigenvalue weighted by Gasteiger charge is 2.34. The van der Waals surface area contributed by atoms with E-state index in [1.165, 1.54) is 82.7 Å². The molecule has 0 spiro atoms. The van der Waals surface area contributed by atoms with Crippen molar-refractivity contribution < 1.29 is 27.6 Å². The Morgan fingerprint density at radius 1 is 0.639 bits per heavy atom. The van der Waals surface area contributed by atoms with Crippen molar-refractivity contribution in [3.05, 3.63) is 24.3 Å². The van der Waals surface area contributed by atoms with Crippen molar-refractivity contribution >= 4 is 22.2 Å². The number of hydrogen-bond donors (Lipinski definition) is 2. The largest absolute Gasteiger partial charge is 0.285 e. The van der Waals surface area contributed by atoms with Gasteiger partial charge in [0.15, 0.2) is 0 Å². The van der Waals surface area contributed by atoms with Gasteiger partial charge < -0.3 is 0 Å². The maximum atomic E-state index is 11.8. The van der Waals surface area contributed by atoms with Gasteiger partial charge in [-0.15, -0.1) is 4.33 Å². The lowest BCUT2D eigenvalue weighted by Gasteiger charge is -2.37. The molecule has 36 heavy (non-hydrogen) atoms. The summed E-state index contributed by atoms with van der Waals surface area (Å²) >= 11 is 1.26. The average Bonchev–Trinajstić information content (AvgIpc) is 2.90. The molecular formula is C28H46O6S2. The van der Waals surface area contributed by atoms with Gasteiger partial charge in [-0.1, -0.05) is 55.0 Å². The predicted octanol–water partition coefficient (Wildman–Crippen LogP) is 7.79. The summed E-state index contributed by atoms with van der Waals surface area (Å²) in [6, 6.07) is 0. The Morgan fingerprint density at radius 3 is 1.69 bits per heavy atom. The van der Waals surface area contributed by atoms with E-state index in [0.717, 1.165) is 37.5 Å². The minimum atomic E-state index is -3.95. The summed E-state index contributed by atoms with van der Waals surface area (Å²) in [6.45, 7) is 0. The molecule has 4 rings (SSSR count). The van der Waals surface area contributed by atoms with E-state index < -0.39 is 15.4 Å². The molecule has 4 aliphatic rings. The van der Waals surface area contributed by atoms with Crippen molar-refractivity contribution in [1.82, 2.24) is 0 Å². The molecule has 0 saturated heterocycles. The fourth-order valence-corrected chi connectivity index (χ4v) is 9.37. The van der Waals surface area contributed by atoms with Crippen LogP contribution in [-0.2, 0) is 19.5 Å². The number of allylic oxidation sites excluding steroid dienone is 4. The topological polar surface area (TPSA) is 93.1 Å². The Hall–Kier alpha value is -0.380. The summed E-state index contributed by atoms with van der Waals surface area (Å²) in [7, 11) is -3.95. The van der Waals surface area contributed by atoms with Crippen molar-refractivity contribution in [3.8, 4) is 0 Å². The van der Waals surface area contributed by atoms with Crippen LogP contribution in [0.4, 0.5) is 0 Å². The number of rotatable bonds is 9. The molecule has 0 aromatic rings. The van der Waals surface area contributed by atoms with Crippen molar-refractivity contribution in [2.24, 2.45) is 35.5 Å². The third kappa shape index (κ3) is 8.31. The maximum Gasteiger partial charge on any atom is 0.268 e. The third-order valence-corrected chi connectivity index (χ3v) is 12.0. The summed E-state index contributed by atoms with van der Waals surface area (Å²) in [6.07, 6.45) is 27.7. The second-order valence-electron chi connectivity index (χ2n) is 11.8. The van der Waals surface area contributed by atoms with E-state index in [2.05, 4.69) is 29.3 Å². The van der Waals surface area contributed by atoms with Crippen LogP contribution in [0.1, 0.15) is 103 Å². The average molecular weight is 543 g/mol. The van der Waals surface area contributed by atoms with Crippen LogP contribution in [0.2, 0.25) is 0 Å². The van der Waals surface area contributed by atoms with Crippen LogP contribution in [0.3, 0.4) is 0 Å². The van der Waals surface area contributed by atoms with Gasteiger partial charge in [0.2, 0.25) is 0 Å². The van der Waals surface area contributed by atoms with E-state index in [9.17, 15) is 13.0 Å². The zero-order chi connectivity index (χ0) is 25.4. The Labute approximate surface area is 222 Å². The molecule has 2 N–H and O–H groups in total. The highest BCUT2D eigenvalue weighted by molar-refractivity contribution is 7.95. The Bertz CT molecular complexity index is 812. The summed E-state index contributed by atoms with van der Waals surface area (Å²) in [4.78, 5) is 0. The lowest BCUT2D eigenvalue weighted by molar-refractivity contribution is -0.432. The molecule has 0 aliphatic heterocycles. The summed E-state index contributed by atoms with van der Waals surface area (Å²) in [5, 5.41) is 12.1. The maximum absolute atomic E-state index is 11.8. The fraction of sp³-hybridized carbons (Fsp3) is 0.857. The monoisotopic (exact) mass is 542 g/mol. The molecule has 206 valence electrons. The normalized spacial score (nSPS) is 39.1. The first kappa shape index (κ1) is 28.6. The second kappa shape index (κ2) is 14.1. The molecule has 0 aromatic carbocycles. The first-order valence-corrected chi connectivity index (χ1v) is 16.7. The molecule has 4 fully saturated rings. The van der Waals surface area contributed by atoms with Gasteiger partial charge >= 0.3 is 0 Å². The fourth-order valence-electron chi connectivity index (χ4n) is 7.47.